The van der Waals surface area contributed by atoms with Crippen molar-refractivity contribution in [2.45, 2.75) is 116 Å². The van der Waals surface area contributed by atoms with Gasteiger partial charge in [0.05, 0.1) is 34.0 Å². The van der Waals surface area contributed by atoms with E-state index in [4.69, 9.17) is 18.8 Å². The van der Waals surface area contributed by atoms with Crippen LogP contribution in [0, 0.1) is 0 Å². The van der Waals surface area contributed by atoms with Crippen LogP contribution in [0.15, 0.2) is 24.3 Å². The standard InChI is InChI=1S/C28H44N2O2Si2/c1-27(2,31-33(5,6)7)21-15-11-19-13-17-23(29-25(19)21)24-18-14-20-12-16-22(26(20)30-24)28(3,4)32-34(8,9)10/h13-14,17-18,21-22H,11-12,15-16H2,1-10H3/t21-,22-/m1/s1. The van der Waals surface area contributed by atoms with Gasteiger partial charge in [0, 0.05) is 11.8 Å². The van der Waals surface area contributed by atoms with E-state index in [1.54, 1.807) is 0 Å². The molecule has 2 aliphatic carbocycles. The quantitative estimate of drug-likeness (QED) is 0.373. The van der Waals surface area contributed by atoms with Crippen LogP contribution in [0.4, 0.5) is 0 Å². The maximum Gasteiger partial charge on any atom is 0.184 e. The number of rotatable bonds is 7. The fraction of sp³-hybridized carbons (Fsp3) is 0.643. The lowest BCUT2D eigenvalue weighted by Gasteiger charge is -2.38. The van der Waals surface area contributed by atoms with Crippen molar-refractivity contribution in [3.05, 3.63) is 46.8 Å². The van der Waals surface area contributed by atoms with Gasteiger partial charge in [0.2, 0.25) is 0 Å². The fourth-order valence-electron chi connectivity index (χ4n) is 6.27. The molecule has 186 valence electrons. The normalized spacial score (nSPS) is 21.0. The summed E-state index contributed by atoms with van der Waals surface area (Å²) in [4.78, 5) is 10.4. The lowest BCUT2D eigenvalue weighted by atomic mass is 9.88. The highest BCUT2D eigenvalue weighted by molar-refractivity contribution is 6.70. The van der Waals surface area contributed by atoms with Crippen LogP contribution in [0.25, 0.3) is 11.4 Å². The molecule has 2 heterocycles. The molecule has 2 aliphatic rings. The zero-order valence-electron chi connectivity index (χ0n) is 23.0. The third-order valence-corrected chi connectivity index (χ3v) is 9.45. The molecule has 0 amide bonds. The largest absolute Gasteiger partial charge is 0.412 e. The first kappa shape index (κ1) is 25.7. The predicted molar refractivity (Wildman–Crippen MR) is 147 cm³/mol. The van der Waals surface area contributed by atoms with Crippen LogP contribution in [-0.2, 0) is 21.7 Å². The number of aromatic nitrogens is 2. The van der Waals surface area contributed by atoms with Gasteiger partial charge in [0.15, 0.2) is 16.6 Å². The number of aryl methyl sites for hydroxylation is 2. The Balaban J connectivity index is 1.67. The molecule has 0 bridgehead atoms. The third kappa shape index (κ3) is 5.40. The average Bonchev–Trinajstić information content (AvgIpc) is 3.28. The highest BCUT2D eigenvalue weighted by Crippen LogP contribution is 2.45. The highest BCUT2D eigenvalue weighted by atomic mass is 28.4. The topological polar surface area (TPSA) is 44.2 Å². The molecule has 0 spiro atoms. The number of fused-ring (bicyclic) bond motifs is 2. The molecule has 2 aromatic rings. The van der Waals surface area contributed by atoms with Crippen molar-refractivity contribution in [1.29, 1.82) is 0 Å². The molecule has 34 heavy (non-hydrogen) atoms. The van der Waals surface area contributed by atoms with Crippen LogP contribution in [-0.4, -0.2) is 37.8 Å². The zero-order chi connectivity index (χ0) is 25.1. The Bertz CT molecular complexity index is 982. The monoisotopic (exact) mass is 496 g/mol. The summed E-state index contributed by atoms with van der Waals surface area (Å²) in [7, 11) is -3.33. The Labute approximate surface area is 209 Å². The second-order valence-corrected chi connectivity index (χ2v) is 22.2. The van der Waals surface area contributed by atoms with Gasteiger partial charge in [-0.3, -0.25) is 9.97 Å². The molecule has 0 radical (unpaired) electrons. The molecule has 4 nitrogen and oxygen atoms in total. The number of pyridine rings is 2. The summed E-state index contributed by atoms with van der Waals surface area (Å²) in [5, 5.41) is 0. The van der Waals surface area contributed by atoms with Crippen molar-refractivity contribution in [3.8, 4) is 11.4 Å². The minimum atomic E-state index is -1.66. The van der Waals surface area contributed by atoms with Gasteiger partial charge in [-0.25, -0.2) is 0 Å². The third-order valence-electron chi connectivity index (χ3n) is 7.17. The molecule has 4 rings (SSSR count). The lowest BCUT2D eigenvalue weighted by Crippen LogP contribution is -2.42. The maximum atomic E-state index is 6.64. The molecule has 2 aromatic heterocycles. The van der Waals surface area contributed by atoms with Gasteiger partial charge in [-0.2, -0.15) is 0 Å². The van der Waals surface area contributed by atoms with Crippen LogP contribution in [0.1, 0.15) is 74.9 Å². The van der Waals surface area contributed by atoms with Gasteiger partial charge < -0.3 is 8.85 Å². The summed E-state index contributed by atoms with van der Waals surface area (Å²) in [6.07, 6.45) is 4.36. The van der Waals surface area contributed by atoms with Crippen LogP contribution < -0.4 is 0 Å². The van der Waals surface area contributed by atoms with E-state index in [1.807, 2.05) is 0 Å². The van der Waals surface area contributed by atoms with Gasteiger partial charge in [-0.05, 0) is 116 Å². The van der Waals surface area contributed by atoms with E-state index in [9.17, 15) is 0 Å². The second kappa shape index (κ2) is 8.65. The van der Waals surface area contributed by atoms with E-state index >= 15 is 0 Å². The van der Waals surface area contributed by atoms with Gasteiger partial charge in [0.25, 0.3) is 0 Å². The van der Waals surface area contributed by atoms with E-state index in [0.717, 1.165) is 37.1 Å². The predicted octanol–water partition coefficient (Wildman–Crippen LogP) is 7.46. The van der Waals surface area contributed by atoms with Crippen molar-refractivity contribution in [2.24, 2.45) is 0 Å². The molecule has 0 aliphatic heterocycles. The number of hydrogen-bond donors (Lipinski definition) is 0. The minimum Gasteiger partial charge on any atom is -0.412 e. The molecule has 0 saturated heterocycles. The Morgan fingerprint density at radius 3 is 1.32 bits per heavy atom. The summed E-state index contributed by atoms with van der Waals surface area (Å²) in [6.45, 7) is 22.6. The molecule has 0 aromatic carbocycles. The second-order valence-electron chi connectivity index (χ2n) is 13.3. The summed E-state index contributed by atoms with van der Waals surface area (Å²) in [5.74, 6) is 0.640. The molecule has 0 unspecified atom stereocenters. The van der Waals surface area contributed by atoms with E-state index in [0.29, 0.717) is 11.8 Å². The highest BCUT2D eigenvalue weighted by Gasteiger charge is 2.42. The molecular formula is C28H44N2O2Si2. The number of hydrogen-bond acceptors (Lipinski definition) is 4. The van der Waals surface area contributed by atoms with Crippen LogP contribution in [0.3, 0.4) is 0 Å². The van der Waals surface area contributed by atoms with E-state index in [1.165, 1.54) is 22.5 Å². The Kier molecular flexibility index (Phi) is 6.54. The van der Waals surface area contributed by atoms with Crippen LogP contribution >= 0.6 is 0 Å². The van der Waals surface area contributed by atoms with Crippen molar-refractivity contribution in [1.82, 2.24) is 9.97 Å². The molecule has 2 atom stereocenters. The average molecular weight is 497 g/mol. The van der Waals surface area contributed by atoms with E-state index < -0.39 is 16.6 Å². The van der Waals surface area contributed by atoms with Gasteiger partial charge in [0.1, 0.15) is 0 Å². The van der Waals surface area contributed by atoms with Crippen molar-refractivity contribution >= 4 is 16.6 Å². The smallest absolute Gasteiger partial charge is 0.184 e. The van der Waals surface area contributed by atoms with Crippen molar-refractivity contribution in [2.75, 3.05) is 0 Å². The first-order valence-corrected chi connectivity index (χ1v) is 19.8. The molecule has 0 N–H and O–H groups in total. The van der Waals surface area contributed by atoms with Gasteiger partial charge >= 0.3 is 0 Å². The summed E-state index contributed by atoms with van der Waals surface area (Å²) in [6, 6.07) is 8.87. The summed E-state index contributed by atoms with van der Waals surface area (Å²) < 4.78 is 13.3. The zero-order valence-corrected chi connectivity index (χ0v) is 25.0. The van der Waals surface area contributed by atoms with Crippen molar-refractivity contribution < 1.29 is 8.85 Å². The molecule has 0 saturated carbocycles. The van der Waals surface area contributed by atoms with Crippen LogP contribution in [0.2, 0.25) is 39.3 Å². The van der Waals surface area contributed by atoms with Crippen molar-refractivity contribution in [3.63, 3.8) is 0 Å². The fourth-order valence-corrected chi connectivity index (χ4v) is 9.71. The SMILES string of the molecule is CC(C)(O[Si](C)(C)C)[C@@H]1CCc2ccc(-c3ccc4c(n3)[C@H](C(C)(C)O[Si](C)(C)C)CC4)nc21. The summed E-state index contributed by atoms with van der Waals surface area (Å²) >= 11 is 0. The Hall–Kier alpha value is -1.35. The maximum absolute atomic E-state index is 6.64. The lowest BCUT2D eigenvalue weighted by molar-refractivity contribution is 0.0679. The molecule has 0 fully saturated rings. The van der Waals surface area contributed by atoms with Gasteiger partial charge in [-0.1, -0.05) is 12.1 Å². The Morgan fingerprint density at radius 1 is 0.647 bits per heavy atom. The van der Waals surface area contributed by atoms with E-state index in [-0.39, 0.29) is 11.2 Å². The first-order valence-electron chi connectivity index (χ1n) is 13.0. The molecular weight excluding hydrogens is 452 g/mol. The van der Waals surface area contributed by atoms with Crippen LogP contribution in [0.5, 0.6) is 0 Å². The van der Waals surface area contributed by atoms with E-state index in [2.05, 4.69) is 91.2 Å². The number of nitrogens with zero attached hydrogens (tertiary/aromatic N) is 2. The Morgan fingerprint density at radius 2 is 1.00 bits per heavy atom. The summed E-state index contributed by atoms with van der Waals surface area (Å²) in [5.41, 5.74) is 6.68. The molecule has 6 heteroatoms. The minimum absolute atomic E-state index is 0.212. The first-order chi connectivity index (χ1) is 15.6. The van der Waals surface area contributed by atoms with Gasteiger partial charge in [-0.15, -0.1) is 0 Å².